The molecule has 0 aliphatic heterocycles. The van der Waals surface area contributed by atoms with E-state index in [1.165, 1.54) is 29.2 Å². The van der Waals surface area contributed by atoms with E-state index in [0.29, 0.717) is 31.9 Å². The third kappa shape index (κ3) is 4.21. The molecule has 4 aromatic rings. The van der Waals surface area contributed by atoms with E-state index in [9.17, 15) is 14.0 Å². The van der Waals surface area contributed by atoms with Crippen LogP contribution in [0.1, 0.15) is 0 Å². The molecule has 1 amide bonds. The fourth-order valence-electron chi connectivity index (χ4n) is 2.43. The van der Waals surface area contributed by atoms with Gasteiger partial charge in [0.1, 0.15) is 5.82 Å². The van der Waals surface area contributed by atoms with Crippen LogP contribution in [0.25, 0.3) is 11.0 Å². The van der Waals surface area contributed by atoms with Crippen LogP contribution >= 0.6 is 23.1 Å². The summed E-state index contributed by atoms with van der Waals surface area (Å²) in [7, 11) is 0. The number of amides is 1. The molecule has 0 spiro atoms. The molecule has 0 atom stereocenters. The van der Waals surface area contributed by atoms with Crippen molar-refractivity contribution in [3.05, 3.63) is 58.8 Å². The molecule has 11 heteroatoms. The maximum absolute atomic E-state index is 13.7. The van der Waals surface area contributed by atoms with Gasteiger partial charge in [0.05, 0.1) is 22.5 Å². The summed E-state index contributed by atoms with van der Waals surface area (Å²) in [6, 6.07) is 11.4. The molecule has 0 radical (unpaired) electrons. The van der Waals surface area contributed by atoms with Gasteiger partial charge in [0.25, 0.3) is 0 Å². The second-order valence-electron chi connectivity index (χ2n) is 5.65. The minimum Gasteiger partial charge on any atom is -0.328 e. The Morgan fingerprint density at radius 3 is 2.82 bits per heavy atom. The molecule has 0 fully saturated rings. The number of para-hydroxylation sites is 1. The average molecular weight is 416 g/mol. The number of rotatable bonds is 6. The average Bonchev–Trinajstić information content (AvgIpc) is 3.27. The molecule has 0 aliphatic carbocycles. The van der Waals surface area contributed by atoms with E-state index < -0.39 is 0 Å². The predicted octanol–water partition coefficient (Wildman–Crippen LogP) is 3.32. The van der Waals surface area contributed by atoms with Crippen molar-refractivity contribution < 1.29 is 9.18 Å². The molecule has 2 heterocycles. The minimum atomic E-state index is -0.382. The Morgan fingerprint density at radius 1 is 1.14 bits per heavy atom. The first kappa shape index (κ1) is 18.2. The molecule has 0 unspecified atom stereocenters. The van der Waals surface area contributed by atoms with E-state index in [-0.39, 0.29) is 23.2 Å². The van der Waals surface area contributed by atoms with E-state index in [0.717, 1.165) is 0 Å². The Morgan fingerprint density at radius 2 is 1.96 bits per heavy atom. The Labute approximate surface area is 165 Å². The summed E-state index contributed by atoms with van der Waals surface area (Å²) < 4.78 is 14.2. The summed E-state index contributed by atoms with van der Waals surface area (Å²) in [6.07, 6.45) is 0. The van der Waals surface area contributed by atoms with Crippen molar-refractivity contribution in [2.75, 3.05) is 16.4 Å². The minimum absolute atomic E-state index is 0.135. The van der Waals surface area contributed by atoms with Crippen LogP contribution in [0.4, 0.5) is 20.9 Å². The zero-order valence-corrected chi connectivity index (χ0v) is 15.8. The summed E-state index contributed by atoms with van der Waals surface area (Å²) in [5, 5.41) is 14.0. The normalized spacial score (nSPS) is 10.9. The Kier molecular flexibility index (Phi) is 5.08. The molecule has 0 saturated carbocycles. The maximum Gasteiger partial charge on any atom is 0.323 e. The molecule has 4 N–H and O–H groups in total. The van der Waals surface area contributed by atoms with Crippen molar-refractivity contribution in [3.63, 3.8) is 0 Å². The number of hydrogen-bond acceptors (Lipinski definition) is 7. The SMILES string of the molecule is O=C(CSc1nnc(Nc2ccccc2F)s1)Nc1ccc2[nH]c(=O)[nH]c2c1. The molecule has 2 aromatic heterocycles. The van der Waals surface area contributed by atoms with Crippen molar-refractivity contribution in [1.29, 1.82) is 0 Å². The van der Waals surface area contributed by atoms with Crippen molar-refractivity contribution in [2.45, 2.75) is 4.34 Å². The largest absolute Gasteiger partial charge is 0.328 e. The van der Waals surface area contributed by atoms with Gasteiger partial charge in [-0.2, -0.15) is 0 Å². The Hall–Kier alpha value is -3.18. The summed E-state index contributed by atoms with van der Waals surface area (Å²) in [5.41, 5.74) is 1.87. The zero-order valence-electron chi connectivity index (χ0n) is 14.2. The van der Waals surface area contributed by atoms with Gasteiger partial charge < -0.3 is 20.6 Å². The van der Waals surface area contributed by atoms with Gasteiger partial charge >= 0.3 is 5.69 Å². The number of aromatic amines is 2. The standard InChI is InChI=1S/C17H13FN6O2S2/c18-10-3-1-2-4-11(10)22-16-23-24-17(28-16)27-8-14(25)19-9-5-6-12-13(7-9)21-15(26)20-12/h1-7H,8H2,(H,19,25)(H,22,23)(H2,20,21,26). The van der Waals surface area contributed by atoms with Gasteiger partial charge in [-0.05, 0) is 30.3 Å². The first-order chi connectivity index (χ1) is 13.6. The second kappa shape index (κ2) is 7.82. The molecule has 2 aromatic carbocycles. The number of H-pyrrole nitrogens is 2. The highest BCUT2D eigenvalue weighted by Crippen LogP contribution is 2.28. The lowest BCUT2D eigenvalue weighted by Crippen LogP contribution is -2.13. The zero-order chi connectivity index (χ0) is 19.5. The van der Waals surface area contributed by atoms with E-state index in [1.807, 2.05) is 0 Å². The number of carbonyl (C=O) groups excluding carboxylic acids is 1. The van der Waals surface area contributed by atoms with Crippen LogP contribution in [0.2, 0.25) is 0 Å². The molecule has 0 aliphatic rings. The highest BCUT2D eigenvalue weighted by Gasteiger charge is 2.10. The van der Waals surface area contributed by atoms with E-state index >= 15 is 0 Å². The maximum atomic E-state index is 13.7. The number of fused-ring (bicyclic) bond motifs is 1. The number of anilines is 3. The van der Waals surface area contributed by atoms with Crippen molar-refractivity contribution in [1.82, 2.24) is 20.2 Å². The number of halogens is 1. The smallest absolute Gasteiger partial charge is 0.323 e. The van der Waals surface area contributed by atoms with Gasteiger partial charge in [0, 0.05) is 5.69 Å². The summed E-state index contributed by atoms with van der Waals surface area (Å²) in [6.45, 7) is 0. The molecule has 4 rings (SSSR count). The molecule has 28 heavy (non-hydrogen) atoms. The molecule has 0 saturated heterocycles. The van der Waals surface area contributed by atoms with E-state index in [2.05, 4.69) is 30.8 Å². The van der Waals surface area contributed by atoms with Crippen LogP contribution in [-0.4, -0.2) is 31.8 Å². The van der Waals surface area contributed by atoms with Crippen LogP contribution in [0.3, 0.4) is 0 Å². The second-order valence-corrected chi connectivity index (χ2v) is 7.85. The fourth-order valence-corrected chi connectivity index (χ4v) is 4.00. The fraction of sp³-hybridized carbons (Fsp3) is 0.0588. The topological polar surface area (TPSA) is 116 Å². The van der Waals surface area contributed by atoms with Gasteiger partial charge in [-0.25, -0.2) is 9.18 Å². The number of aromatic nitrogens is 4. The number of benzene rings is 2. The molecular weight excluding hydrogens is 403 g/mol. The van der Waals surface area contributed by atoms with Crippen LogP contribution in [-0.2, 0) is 4.79 Å². The van der Waals surface area contributed by atoms with E-state index in [1.54, 1.807) is 36.4 Å². The summed E-state index contributed by atoms with van der Waals surface area (Å²) in [4.78, 5) is 28.7. The number of thioether (sulfide) groups is 1. The van der Waals surface area contributed by atoms with Gasteiger partial charge in [0.15, 0.2) is 4.34 Å². The van der Waals surface area contributed by atoms with Crippen LogP contribution in [0.5, 0.6) is 0 Å². The van der Waals surface area contributed by atoms with Crippen LogP contribution in [0, 0.1) is 5.82 Å². The number of hydrogen-bond donors (Lipinski definition) is 4. The third-order valence-corrected chi connectivity index (χ3v) is 5.62. The van der Waals surface area contributed by atoms with Gasteiger partial charge in [0.2, 0.25) is 11.0 Å². The lowest BCUT2D eigenvalue weighted by atomic mass is 10.3. The third-order valence-electron chi connectivity index (χ3n) is 3.65. The molecule has 0 bridgehead atoms. The summed E-state index contributed by atoms with van der Waals surface area (Å²) >= 11 is 2.45. The summed E-state index contributed by atoms with van der Waals surface area (Å²) in [5.74, 6) is -0.469. The monoisotopic (exact) mass is 416 g/mol. The molecule has 8 nitrogen and oxygen atoms in total. The molecular formula is C17H13FN6O2S2. The number of imidazole rings is 1. The lowest BCUT2D eigenvalue weighted by Gasteiger charge is -2.04. The number of carbonyl (C=O) groups is 1. The van der Waals surface area contributed by atoms with Crippen molar-refractivity contribution in [2.24, 2.45) is 0 Å². The quantitative estimate of drug-likeness (QED) is 0.359. The van der Waals surface area contributed by atoms with Gasteiger partial charge in [-0.15, -0.1) is 10.2 Å². The highest BCUT2D eigenvalue weighted by atomic mass is 32.2. The molecule has 142 valence electrons. The van der Waals surface area contributed by atoms with Crippen molar-refractivity contribution in [3.8, 4) is 0 Å². The predicted molar refractivity (Wildman–Crippen MR) is 108 cm³/mol. The number of nitrogens with zero attached hydrogens (tertiary/aromatic N) is 2. The lowest BCUT2D eigenvalue weighted by molar-refractivity contribution is -0.113. The van der Waals surface area contributed by atoms with Crippen LogP contribution < -0.4 is 16.3 Å². The number of nitrogens with one attached hydrogen (secondary N) is 4. The highest BCUT2D eigenvalue weighted by molar-refractivity contribution is 8.01. The van der Waals surface area contributed by atoms with Gasteiger partial charge in [-0.1, -0.05) is 35.2 Å². The first-order valence-corrected chi connectivity index (χ1v) is 9.87. The Bertz CT molecular complexity index is 1200. The Balaban J connectivity index is 1.33. The van der Waals surface area contributed by atoms with Crippen molar-refractivity contribution >= 4 is 56.5 Å². The van der Waals surface area contributed by atoms with Crippen LogP contribution in [0.15, 0.2) is 51.6 Å². The van der Waals surface area contributed by atoms with E-state index in [4.69, 9.17) is 0 Å². The first-order valence-electron chi connectivity index (χ1n) is 8.06. The van der Waals surface area contributed by atoms with Gasteiger partial charge in [-0.3, -0.25) is 4.79 Å².